The lowest BCUT2D eigenvalue weighted by atomic mass is 10.2. The van der Waals surface area contributed by atoms with Gasteiger partial charge in [0, 0.05) is 21.1 Å². The lowest BCUT2D eigenvalue weighted by molar-refractivity contribution is 0.721. The summed E-state index contributed by atoms with van der Waals surface area (Å²) in [6.45, 7) is 1.94. The van der Waals surface area contributed by atoms with E-state index in [0.717, 1.165) is 0 Å². The minimum atomic E-state index is -0.150. The number of nitrogens with zero attached hydrogens (tertiary/aromatic N) is 6. The van der Waals surface area contributed by atoms with Gasteiger partial charge in [-0.3, -0.25) is 9.36 Å². The van der Waals surface area contributed by atoms with E-state index >= 15 is 0 Å². The van der Waals surface area contributed by atoms with Crippen molar-refractivity contribution < 1.29 is 0 Å². The second kappa shape index (κ2) is 6.67. The van der Waals surface area contributed by atoms with Gasteiger partial charge < -0.3 is 10.6 Å². The average molecular weight is 357 g/mol. The van der Waals surface area contributed by atoms with Gasteiger partial charge in [0.25, 0.3) is 5.56 Å². The van der Waals surface area contributed by atoms with Crippen molar-refractivity contribution in [3.05, 3.63) is 40.4 Å². The second-order valence-corrected chi connectivity index (χ2v) is 7.09. The molecule has 2 heterocycles. The van der Waals surface area contributed by atoms with Crippen LogP contribution in [-0.2, 0) is 7.05 Å². The molecule has 2 N–H and O–H groups in total. The van der Waals surface area contributed by atoms with Crippen LogP contribution in [0.5, 0.6) is 0 Å². The van der Waals surface area contributed by atoms with E-state index in [1.807, 2.05) is 39.2 Å². The molecule has 0 saturated carbocycles. The van der Waals surface area contributed by atoms with Crippen molar-refractivity contribution in [1.82, 2.24) is 24.5 Å². The zero-order valence-corrected chi connectivity index (χ0v) is 15.3. The number of nitrogen functional groups attached to an aromatic ring is 1. The van der Waals surface area contributed by atoms with Crippen LogP contribution in [0, 0.1) is 0 Å². The fourth-order valence-corrected chi connectivity index (χ4v) is 3.21. The van der Waals surface area contributed by atoms with E-state index in [2.05, 4.69) is 19.9 Å². The zero-order chi connectivity index (χ0) is 18.1. The van der Waals surface area contributed by atoms with Crippen molar-refractivity contribution in [3.63, 3.8) is 0 Å². The molecular weight excluding hydrogens is 338 g/mol. The minimum absolute atomic E-state index is 0.0792. The SMILES string of the molecule is CC(Sc1nc2ccccc2c(=O)n1C)c1nc(N)nc(N(C)C)n1. The lowest BCUT2D eigenvalue weighted by Gasteiger charge is -2.15. The van der Waals surface area contributed by atoms with E-state index in [-0.39, 0.29) is 16.8 Å². The van der Waals surface area contributed by atoms with Crippen molar-refractivity contribution in [2.24, 2.45) is 7.05 Å². The van der Waals surface area contributed by atoms with E-state index < -0.39 is 0 Å². The molecule has 0 aliphatic heterocycles. The highest BCUT2D eigenvalue weighted by molar-refractivity contribution is 7.99. The third-order valence-electron chi connectivity index (χ3n) is 3.65. The van der Waals surface area contributed by atoms with Crippen LogP contribution in [0.4, 0.5) is 11.9 Å². The molecule has 0 aliphatic carbocycles. The number of thioether (sulfide) groups is 1. The number of nitrogens with two attached hydrogens (primary N) is 1. The highest BCUT2D eigenvalue weighted by atomic mass is 32.2. The largest absolute Gasteiger partial charge is 0.368 e. The first-order valence-corrected chi connectivity index (χ1v) is 8.56. The third kappa shape index (κ3) is 3.41. The maximum absolute atomic E-state index is 12.5. The normalized spacial score (nSPS) is 12.3. The number of fused-ring (bicyclic) bond motifs is 1. The first-order chi connectivity index (χ1) is 11.9. The minimum Gasteiger partial charge on any atom is -0.368 e. The number of aromatic nitrogens is 5. The number of anilines is 2. The molecule has 0 bridgehead atoms. The van der Waals surface area contributed by atoms with Gasteiger partial charge in [0.1, 0.15) is 5.82 Å². The molecule has 1 atom stereocenters. The fourth-order valence-electron chi connectivity index (χ4n) is 2.29. The molecule has 0 saturated heterocycles. The average Bonchev–Trinajstić information content (AvgIpc) is 2.58. The predicted molar refractivity (Wildman–Crippen MR) is 99.8 cm³/mol. The van der Waals surface area contributed by atoms with E-state index in [9.17, 15) is 4.79 Å². The van der Waals surface area contributed by atoms with Crippen LogP contribution in [0.1, 0.15) is 18.0 Å². The molecule has 0 amide bonds. The van der Waals surface area contributed by atoms with Gasteiger partial charge in [0.15, 0.2) is 5.16 Å². The molecular formula is C16H19N7OS. The van der Waals surface area contributed by atoms with Crippen molar-refractivity contribution in [3.8, 4) is 0 Å². The molecule has 1 unspecified atom stereocenters. The summed E-state index contributed by atoms with van der Waals surface area (Å²) in [4.78, 5) is 31.6. The van der Waals surface area contributed by atoms with Gasteiger partial charge in [-0.05, 0) is 19.1 Å². The Morgan fingerprint density at radius 2 is 1.88 bits per heavy atom. The van der Waals surface area contributed by atoms with E-state index in [1.54, 1.807) is 22.6 Å². The summed E-state index contributed by atoms with van der Waals surface area (Å²) in [6.07, 6.45) is 0. The summed E-state index contributed by atoms with van der Waals surface area (Å²) < 4.78 is 1.54. The van der Waals surface area contributed by atoms with Gasteiger partial charge in [-0.15, -0.1) is 0 Å². The Kier molecular flexibility index (Phi) is 4.58. The molecule has 3 aromatic rings. The summed E-state index contributed by atoms with van der Waals surface area (Å²) in [5.74, 6) is 1.21. The molecule has 130 valence electrons. The smallest absolute Gasteiger partial charge is 0.261 e. The number of hydrogen-bond acceptors (Lipinski definition) is 8. The number of hydrogen-bond donors (Lipinski definition) is 1. The molecule has 0 radical (unpaired) electrons. The molecule has 0 spiro atoms. The summed E-state index contributed by atoms with van der Waals surface area (Å²) in [6, 6.07) is 7.30. The Labute approximate surface area is 149 Å². The third-order valence-corrected chi connectivity index (χ3v) is 4.79. The Morgan fingerprint density at radius 1 is 1.16 bits per heavy atom. The first-order valence-electron chi connectivity index (χ1n) is 7.68. The number of para-hydroxylation sites is 1. The summed E-state index contributed by atoms with van der Waals surface area (Å²) in [5.41, 5.74) is 6.38. The van der Waals surface area contributed by atoms with Crippen molar-refractivity contribution in [2.75, 3.05) is 24.7 Å². The Morgan fingerprint density at radius 3 is 2.60 bits per heavy atom. The van der Waals surface area contributed by atoms with Crippen LogP contribution in [0.2, 0.25) is 0 Å². The van der Waals surface area contributed by atoms with Crippen LogP contribution >= 0.6 is 11.8 Å². The second-order valence-electron chi connectivity index (χ2n) is 5.78. The van der Waals surface area contributed by atoms with Crippen LogP contribution < -0.4 is 16.2 Å². The molecule has 9 heteroatoms. The van der Waals surface area contributed by atoms with Crippen LogP contribution in [-0.4, -0.2) is 38.6 Å². The number of benzene rings is 1. The maximum Gasteiger partial charge on any atom is 0.261 e. The van der Waals surface area contributed by atoms with E-state index in [0.29, 0.717) is 27.8 Å². The molecule has 0 aliphatic rings. The Bertz CT molecular complexity index is 986. The highest BCUT2D eigenvalue weighted by Gasteiger charge is 2.18. The zero-order valence-electron chi connectivity index (χ0n) is 14.5. The summed E-state index contributed by atoms with van der Waals surface area (Å²) in [7, 11) is 5.39. The quantitative estimate of drug-likeness (QED) is 0.555. The standard InChI is InChI=1S/C16H19N7OS/c1-9(12-19-14(17)21-15(20-12)22(2)3)25-16-18-11-8-6-5-7-10(11)13(24)23(16)4/h5-9H,1-4H3,(H2,17,19,20,21). The van der Waals surface area contributed by atoms with Gasteiger partial charge in [0.05, 0.1) is 16.2 Å². The molecule has 25 heavy (non-hydrogen) atoms. The molecule has 3 rings (SSSR count). The van der Waals surface area contributed by atoms with Crippen molar-refractivity contribution >= 4 is 34.6 Å². The summed E-state index contributed by atoms with van der Waals surface area (Å²) >= 11 is 1.41. The Hall–Kier alpha value is -2.68. The fraction of sp³-hybridized carbons (Fsp3) is 0.312. The molecule has 1 aromatic carbocycles. The predicted octanol–water partition coefficient (Wildman–Crippen LogP) is 1.62. The van der Waals surface area contributed by atoms with E-state index in [4.69, 9.17) is 5.73 Å². The van der Waals surface area contributed by atoms with Crippen LogP contribution in [0.15, 0.2) is 34.2 Å². The van der Waals surface area contributed by atoms with Crippen molar-refractivity contribution in [1.29, 1.82) is 0 Å². The highest BCUT2D eigenvalue weighted by Crippen LogP contribution is 2.32. The van der Waals surface area contributed by atoms with Crippen molar-refractivity contribution in [2.45, 2.75) is 17.3 Å². The number of rotatable bonds is 4. The topological polar surface area (TPSA) is 103 Å². The maximum atomic E-state index is 12.5. The lowest BCUT2D eigenvalue weighted by Crippen LogP contribution is -2.20. The van der Waals surface area contributed by atoms with Gasteiger partial charge in [0.2, 0.25) is 11.9 Å². The first kappa shape index (κ1) is 17.2. The van der Waals surface area contributed by atoms with Gasteiger partial charge in [-0.1, -0.05) is 23.9 Å². The van der Waals surface area contributed by atoms with Crippen LogP contribution in [0.3, 0.4) is 0 Å². The molecule has 8 nitrogen and oxygen atoms in total. The van der Waals surface area contributed by atoms with Gasteiger partial charge >= 0.3 is 0 Å². The van der Waals surface area contributed by atoms with Gasteiger partial charge in [-0.2, -0.15) is 15.0 Å². The monoisotopic (exact) mass is 357 g/mol. The summed E-state index contributed by atoms with van der Waals surface area (Å²) in [5, 5.41) is 1.05. The Balaban J connectivity index is 1.99. The van der Waals surface area contributed by atoms with Crippen LogP contribution in [0.25, 0.3) is 10.9 Å². The van der Waals surface area contributed by atoms with E-state index in [1.165, 1.54) is 11.8 Å². The molecule has 0 fully saturated rings. The van der Waals surface area contributed by atoms with Gasteiger partial charge in [-0.25, -0.2) is 4.98 Å². The molecule has 2 aromatic heterocycles.